The number of rotatable bonds is 26. The SMILES string of the molecule is CCCC[C@H](NC(=O)[C@H](CC(C)C)NC(=O)[C@@H](NC(=O)[C@H](Cc1ccccc1C)NC(=O)[C@@H](COCc1ccccc1)NC(=O)[C@H](CO)NC(=O)c1cccnc1Cl)C(C)(C)C)C(=O)C(N)=O. The zero-order valence-corrected chi connectivity index (χ0v) is 39.9. The molecule has 0 aliphatic heterocycles. The van der Waals surface area contributed by atoms with E-state index in [-0.39, 0.29) is 42.5 Å². The van der Waals surface area contributed by atoms with Crippen molar-refractivity contribution in [1.29, 1.82) is 0 Å². The van der Waals surface area contributed by atoms with Crippen molar-refractivity contribution >= 4 is 58.7 Å². The van der Waals surface area contributed by atoms with Gasteiger partial charge in [-0.25, -0.2) is 4.98 Å². The molecule has 19 heteroatoms. The van der Waals surface area contributed by atoms with E-state index in [4.69, 9.17) is 22.1 Å². The van der Waals surface area contributed by atoms with E-state index >= 15 is 0 Å². The van der Waals surface area contributed by atoms with Gasteiger partial charge in [0.15, 0.2) is 0 Å². The average Bonchev–Trinajstić information content (AvgIpc) is 3.27. The lowest BCUT2D eigenvalue weighted by molar-refractivity contribution is -0.139. The number of nitrogens with two attached hydrogens (primary N) is 1. The smallest absolute Gasteiger partial charge is 0.287 e. The summed E-state index contributed by atoms with van der Waals surface area (Å²) in [7, 11) is 0. The number of hydrogen-bond acceptors (Lipinski definition) is 11. The molecule has 0 bridgehead atoms. The van der Waals surface area contributed by atoms with Crippen LogP contribution in [0.25, 0.3) is 0 Å². The fourth-order valence-electron chi connectivity index (χ4n) is 6.85. The number of ether oxygens (including phenoxy) is 1. The van der Waals surface area contributed by atoms with Crippen molar-refractivity contribution in [3.8, 4) is 0 Å². The van der Waals surface area contributed by atoms with Gasteiger partial charge < -0.3 is 47.5 Å². The normalized spacial score (nSPS) is 14.0. The number of nitrogens with one attached hydrogen (secondary N) is 6. The molecule has 0 radical (unpaired) electrons. The molecule has 9 N–H and O–H groups in total. The Morgan fingerprint density at radius 1 is 0.731 bits per heavy atom. The van der Waals surface area contributed by atoms with Crippen LogP contribution >= 0.6 is 11.6 Å². The Bertz CT molecular complexity index is 2180. The Hall–Kier alpha value is -6.24. The lowest BCUT2D eigenvalue weighted by Crippen LogP contribution is -2.62. The van der Waals surface area contributed by atoms with Crippen LogP contribution in [-0.2, 0) is 51.3 Å². The van der Waals surface area contributed by atoms with Crippen LogP contribution in [-0.4, -0.2) is 107 Å². The van der Waals surface area contributed by atoms with Crippen molar-refractivity contribution in [2.45, 2.75) is 123 Å². The minimum atomic E-state index is -1.56. The number of aliphatic hydroxyl groups excluding tert-OH is 1. The van der Waals surface area contributed by atoms with Crippen molar-refractivity contribution in [2.24, 2.45) is 17.1 Å². The first-order chi connectivity index (χ1) is 31.7. The molecule has 0 spiro atoms. The third-order valence-electron chi connectivity index (χ3n) is 10.6. The van der Waals surface area contributed by atoms with E-state index in [0.29, 0.717) is 18.4 Å². The molecule has 0 saturated carbocycles. The van der Waals surface area contributed by atoms with Gasteiger partial charge in [0.1, 0.15) is 35.4 Å². The van der Waals surface area contributed by atoms with Gasteiger partial charge in [0.25, 0.3) is 11.8 Å². The molecule has 0 saturated heterocycles. The predicted octanol–water partition coefficient (Wildman–Crippen LogP) is 2.35. The molecule has 6 atom stereocenters. The minimum Gasteiger partial charge on any atom is -0.394 e. The summed E-state index contributed by atoms with van der Waals surface area (Å²) in [6.45, 7) is 11.2. The number of carbonyl (C=O) groups excluding carboxylic acids is 8. The number of nitrogens with zero attached hydrogens (tertiary/aromatic N) is 1. The Morgan fingerprint density at radius 3 is 1.91 bits per heavy atom. The van der Waals surface area contributed by atoms with E-state index in [1.165, 1.54) is 18.3 Å². The molecule has 3 rings (SSSR count). The number of hydrogen-bond donors (Lipinski definition) is 8. The molecular weight excluding hydrogens is 884 g/mol. The van der Waals surface area contributed by atoms with Gasteiger partial charge in [-0.2, -0.15) is 0 Å². The second-order valence-corrected chi connectivity index (χ2v) is 18.1. The summed E-state index contributed by atoms with van der Waals surface area (Å²) in [6, 6.07) is 10.9. The summed E-state index contributed by atoms with van der Waals surface area (Å²) >= 11 is 6.08. The van der Waals surface area contributed by atoms with E-state index in [2.05, 4.69) is 36.9 Å². The summed E-state index contributed by atoms with van der Waals surface area (Å²) in [5.74, 6) is -7.17. The molecule has 1 aromatic heterocycles. The number of aromatic nitrogens is 1. The second kappa shape index (κ2) is 26.8. The Morgan fingerprint density at radius 2 is 1.31 bits per heavy atom. The molecule has 0 unspecified atom stereocenters. The van der Waals surface area contributed by atoms with Crippen LogP contribution in [0.4, 0.5) is 0 Å². The Kier molecular flexibility index (Phi) is 22.0. The van der Waals surface area contributed by atoms with E-state index in [0.717, 1.165) is 11.1 Å². The maximum atomic E-state index is 14.5. The number of pyridine rings is 1. The maximum Gasteiger partial charge on any atom is 0.287 e. The lowest BCUT2D eigenvalue weighted by Gasteiger charge is -2.34. The fraction of sp³-hybridized carbons (Fsp3) is 0.479. The summed E-state index contributed by atoms with van der Waals surface area (Å²) in [5.41, 5.74) is 6.46. The number of primary amides is 1. The third-order valence-corrected chi connectivity index (χ3v) is 10.9. The van der Waals surface area contributed by atoms with E-state index in [9.17, 15) is 43.5 Å². The van der Waals surface area contributed by atoms with Crippen molar-refractivity contribution in [3.05, 3.63) is 100 Å². The van der Waals surface area contributed by atoms with Crippen molar-refractivity contribution in [1.82, 2.24) is 36.9 Å². The van der Waals surface area contributed by atoms with Gasteiger partial charge >= 0.3 is 0 Å². The van der Waals surface area contributed by atoms with Gasteiger partial charge in [0.2, 0.25) is 35.3 Å². The monoisotopic (exact) mass is 948 g/mol. The van der Waals surface area contributed by atoms with Crippen LogP contribution in [0, 0.1) is 18.3 Å². The van der Waals surface area contributed by atoms with Gasteiger partial charge in [-0.3, -0.25) is 38.4 Å². The molecule has 2 aromatic carbocycles. The summed E-state index contributed by atoms with van der Waals surface area (Å²) in [6.07, 6.45) is 2.78. The van der Waals surface area contributed by atoms with E-state index in [1.54, 1.807) is 63.2 Å². The number of benzene rings is 2. The molecule has 7 amide bonds. The lowest BCUT2D eigenvalue weighted by atomic mass is 9.85. The highest BCUT2D eigenvalue weighted by Crippen LogP contribution is 2.21. The molecule has 67 heavy (non-hydrogen) atoms. The molecule has 3 aromatic rings. The van der Waals surface area contributed by atoms with Gasteiger partial charge in [0.05, 0.1) is 31.4 Å². The molecule has 0 aliphatic rings. The second-order valence-electron chi connectivity index (χ2n) is 17.7. The van der Waals surface area contributed by atoms with Gasteiger partial charge in [0, 0.05) is 12.6 Å². The molecule has 364 valence electrons. The number of halogens is 1. The van der Waals surface area contributed by atoms with Gasteiger partial charge in [-0.05, 0) is 59.9 Å². The van der Waals surface area contributed by atoms with Crippen molar-refractivity contribution in [3.63, 3.8) is 0 Å². The summed E-state index contributed by atoms with van der Waals surface area (Å²) in [5, 5.41) is 25.8. The largest absolute Gasteiger partial charge is 0.394 e. The van der Waals surface area contributed by atoms with Gasteiger partial charge in [-0.15, -0.1) is 0 Å². The number of carbonyl (C=O) groups is 8. The Balaban J connectivity index is 1.95. The number of unbranched alkanes of at least 4 members (excludes halogenated alkanes) is 1. The molecule has 1 heterocycles. The van der Waals surface area contributed by atoms with E-state index in [1.807, 2.05) is 39.8 Å². The zero-order valence-electron chi connectivity index (χ0n) is 39.2. The Labute approximate surface area is 396 Å². The number of Topliss-reactive ketones (excluding diaryl/α,β-unsaturated/α-hetero) is 1. The van der Waals surface area contributed by atoms with Crippen LogP contribution in [0.3, 0.4) is 0 Å². The van der Waals surface area contributed by atoms with Crippen LogP contribution in [0.2, 0.25) is 5.15 Å². The quantitative estimate of drug-likeness (QED) is 0.0427. The predicted molar refractivity (Wildman–Crippen MR) is 251 cm³/mol. The maximum absolute atomic E-state index is 14.5. The third kappa shape index (κ3) is 17.8. The highest BCUT2D eigenvalue weighted by Gasteiger charge is 2.39. The standard InChI is InChI=1S/C48H65ClN8O10/c1-8-9-21-33(38(59)41(50)60)52-43(62)34(23-28(2)3)54-47(66)39(48(5,6)7)57-44(63)35(24-31-19-14-13-16-29(31)4)53-46(65)37(27-67-26-30-17-11-10-12-18-30)56-45(64)36(25-58)55-42(61)32-20-15-22-51-40(32)49/h10-20,22,28,33-37,39,58H,8-9,21,23-27H2,1-7H3,(H2,50,60)(H,52,62)(H,53,65)(H,54,66)(H,55,61)(H,56,64)(H,57,63)/t33-,34-,35-,36-,37+,39+/m0/s1. The van der Waals surface area contributed by atoms with Crippen LogP contribution in [0.15, 0.2) is 72.9 Å². The highest BCUT2D eigenvalue weighted by atomic mass is 35.5. The van der Waals surface area contributed by atoms with Crippen LogP contribution < -0.4 is 37.6 Å². The summed E-state index contributed by atoms with van der Waals surface area (Å²) in [4.78, 5) is 112. The number of ketones is 1. The first kappa shape index (κ1) is 55.1. The average molecular weight is 950 g/mol. The molecule has 0 aliphatic carbocycles. The molecule has 0 fully saturated rings. The van der Waals surface area contributed by atoms with Crippen molar-refractivity contribution < 1.29 is 48.2 Å². The van der Waals surface area contributed by atoms with Crippen molar-refractivity contribution in [2.75, 3.05) is 13.2 Å². The number of aliphatic hydroxyl groups is 1. The topological polar surface area (TPSA) is 277 Å². The first-order valence-corrected chi connectivity index (χ1v) is 22.6. The number of amides is 7. The fourth-order valence-corrected chi connectivity index (χ4v) is 7.05. The van der Waals surface area contributed by atoms with Gasteiger partial charge in [-0.1, -0.05) is 121 Å². The van der Waals surface area contributed by atoms with Crippen LogP contribution in [0.5, 0.6) is 0 Å². The summed E-state index contributed by atoms with van der Waals surface area (Å²) < 4.78 is 5.88. The van der Waals surface area contributed by atoms with Crippen LogP contribution in [0.1, 0.15) is 94.3 Å². The zero-order chi connectivity index (χ0) is 49.8. The first-order valence-electron chi connectivity index (χ1n) is 22.2. The minimum absolute atomic E-state index is 0.0341. The molecule has 18 nitrogen and oxygen atoms in total. The molecular formula is C48H65ClN8O10. The number of aryl methyl sites for hydroxylation is 1. The highest BCUT2D eigenvalue weighted by molar-refractivity contribution is 6.37. The van der Waals surface area contributed by atoms with E-state index < -0.39 is 102 Å².